The smallest absolute Gasteiger partial charge is 0.134 e. The summed E-state index contributed by atoms with van der Waals surface area (Å²) in [6.07, 6.45) is 1.15. The highest BCUT2D eigenvalue weighted by Gasteiger charge is 2.46. The highest BCUT2D eigenvalue weighted by Crippen LogP contribution is 2.44. The number of halogens is 1. The molecule has 1 aliphatic carbocycles. The average molecular weight is 242 g/mol. The summed E-state index contributed by atoms with van der Waals surface area (Å²) in [5, 5.41) is 9.13. The lowest BCUT2D eigenvalue weighted by molar-refractivity contribution is -0.122. The van der Waals surface area contributed by atoms with Gasteiger partial charge in [-0.25, -0.2) is 0 Å². The van der Waals surface area contributed by atoms with Gasteiger partial charge in [0.05, 0.1) is 12.0 Å². The summed E-state index contributed by atoms with van der Waals surface area (Å²) in [6.45, 7) is 3.03. The normalized spacial score (nSPS) is 33.4. The Morgan fingerprint density at radius 3 is 2.25 bits per heavy atom. The molecule has 4 unspecified atom stereocenters. The van der Waals surface area contributed by atoms with Gasteiger partial charge in [-0.05, 0) is 32.6 Å². The van der Waals surface area contributed by atoms with Crippen LogP contribution in [0.2, 0.25) is 0 Å². The molecular weight excluding hydrogens is 226 g/mol. The zero-order valence-corrected chi connectivity index (χ0v) is 10.3. The Hall–Kier alpha value is -0.880. The van der Waals surface area contributed by atoms with Crippen molar-refractivity contribution in [1.82, 2.24) is 0 Å². The van der Waals surface area contributed by atoms with E-state index < -0.39 is 0 Å². The minimum atomic E-state index is -0.342. The molecule has 0 bridgehead atoms. The van der Waals surface area contributed by atoms with E-state index in [9.17, 15) is 9.59 Å². The summed E-state index contributed by atoms with van der Waals surface area (Å²) in [5.41, 5.74) is 0. The van der Waals surface area contributed by atoms with Crippen molar-refractivity contribution < 1.29 is 9.59 Å². The Kier molecular flexibility index (Phi) is 4.49. The quantitative estimate of drug-likeness (QED) is 0.709. The van der Waals surface area contributed by atoms with E-state index in [2.05, 4.69) is 6.07 Å². The third kappa shape index (κ3) is 2.44. The van der Waals surface area contributed by atoms with Gasteiger partial charge >= 0.3 is 0 Å². The van der Waals surface area contributed by atoms with Crippen LogP contribution in [0.4, 0.5) is 0 Å². The second-order valence-electron chi connectivity index (χ2n) is 4.47. The van der Waals surface area contributed by atoms with E-state index in [0.29, 0.717) is 18.7 Å². The molecule has 3 nitrogen and oxygen atoms in total. The predicted octanol–water partition coefficient (Wildman–Crippen LogP) is 2.19. The first-order valence-electron chi connectivity index (χ1n) is 5.49. The topological polar surface area (TPSA) is 57.9 Å². The van der Waals surface area contributed by atoms with Crippen LogP contribution in [0.25, 0.3) is 0 Å². The highest BCUT2D eigenvalue weighted by molar-refractivity contribution is 6.17. The number of carbonyl (C=O) groups is 2. The van der Waals surface area contributed by atoms with Gasteiger partial charge in [-0.1, -0.05) is 0 Å². The molecule has 0 aromatic rings. The fraction of sp³-hybridized carbons (Fsp3) is 0.750. The van der Waals surface area contributed by atoms with Crippen molar-refractivity contribution in [2.45, 2.75) is 26.7 Å². The first-order chi connectivity index (χ1) is 7.52. The van der Waals surface area contributed by atoms with Gasteiger partial charge in [-0.2, -0.15) is 5.26 Å². The van der Waals surface area contributed by atoms with Crippen LogP contribution < -0.4 is 0 Å². The summed E-state index contributed by atoms with van der Waals surface area (Å²) in [7, 11) is 0. The first-order valence-corrected chi connectivity index (χ1v) is 6.02. The van der Waals surface area contributed by atoms with Crippen molar-refractivity contribution in [2.24, 2.45) is 23.7 Å². The molecule has 0 aromatic carbocycles. The largest absolute Gasteiger partial charge is 0.300 e. The molecule has 0 saturated heterocycles. The number of rotatable bonds is 4. The van der Waals surface area contributed by atoms with E-state index in [0.717, 1.165) is 0 Å². The van der Waals surface area contributed by atoms with Crippen molar-refractivity contribution in [3.63, 3.8) is 0 Å². The molecule has 4 atom stereocenters. The van der Waals surface area contributed by atoms with Crippen LogP contribution in [0.3, 0.4) is 0 Å². The number of hydrogen-bond acceptors (Lipinski definition) is 3. The van der Waals surface area contributed by atoms with Crippen LogP contribution in [0.5, 0.6) is 0 Å². The minimum Gasteiger partial charge on any atom is -0.300 e. The van der Waals surface area contributed by atoms with Crippen molar-refractivity contribution in [2.75, 3.05) is 5.88 Å². The van der Waals surface area contributed by atoms with Gasteiger partial charge in [0.1, 0.15) is 11.6 Å². The maximum atomic E-state index is 11.5. The molecule has 16 heavy (non-hydrogen) atoms. The SMILES string of the molecule is CC(=O)C1CC(C(C)=O)C(CCCl)C1C#N. The van der Waals surface area contributed by atoms with Gasteiger partial charge in [0.25, 0.3) is 0 Å². The third-order valence-electron chi connectivity index (χ3n) is 3.56. The molecule has 88 valence electrons. The molecule has 0 amide bonds. The number of carbonyl (C=O) groups excluding carboxylic acids is 2. The molecule has 0 aliphatic heterocycles. The molecule has 1 rings (SSSR count). The van der Waals surface area contributed by atoms with Crippen LogP contribution in [0, 0.1) is 35.0 Å². The Morgan fingerprint density at radius 2 is 1.88 bits per heavy atom. The third-order valence-corrected chi connectivity index (χ3v) is 3.77. The van der Waals surface area contributed by atoms with Crippen molar-refractivity contribution >= 4 is 23.2 Å². The van der Waals surface area contributed by atoms with E-state index in [-0.39, 0.29) is 35.2 Å². The maximum Gasteiger partial charge on any atom is 0.134 e. The van der Waals surface area contributed by atoms with Crippen molar-refractivity contribution in [1.29, 1.82) is 5.26 Å². The van der Waals surface area contributed by atoms with Gasteiger partial charge in [-0.3, -0.25) is 9.59 Å². The first kappa shape index (κ1) is 13.2. The average Bonchev–Trinajstić information content (AvgIpc) is 2.57. The molecule has 0 aromatic heterocycles. The molecule has 1 saturated carbocycles. The second-order valence-corrected chi connectivity index (χ2v) is 4.84. The van der Waals surface area contributed by atoms with Gasteiger partial charge in [0, 0.05) is 17.7 Å². The van der Waals surface area contributed by atoms with Gasteiger partial charge in [0.15, 0.2) is 0 Å². The van der Waals surface area contributed by atoms with Crippen LogP contribution in [-0.4, -0.2) is 17.4 Å². The summed E-state index contributed by atoms with van der Waals surface area (Å²) in [5.74, 6) is -0.338. The van der Waals surface area contributed by atoms with E-state index >= 15 is 0 Å². The number of alkyl halides is 1. The molecule has 1 fully saturated rings. The van der Waals surface area contributed by atoms with Crippen molar-refractivity contribution in [3.05, 3.63) is 0 Å². The molecule has 0 heterocycles. The van der Waals surface area contributed by atoms with Gasteiger partial charge < -0.3 is 0 Å². The Bertz CT molecular complexity index is 334. The molecule has 0 spiro atoms. The maximum absolute atomic E-state index is 11.5. The van der Waals surface area contributed by atoms with Crippen LogP contribution in [-0.2, 0) is 9.59 Å². The number of ketones is 2. The number of nitriles is 1. The summed E-state index contributed by atoms with van der Waals surface area (Å²) in [4.78, 5) is 22.9. The van der Waals surface area contributed by atoms with E-state index in [4.69, 9.17) is 16.9 Å². The Balaban J connectivity index is 2.95. The lowest BCUT2D eigenvalue weighted by Crippen LogP contribution is -2.22. The zero-order valence-electron chi connectivity index (χ0n) is 9.57. The number of Topliss-reactive ketones (excluding diaryl/α,β-unsaturated/α-hetero) is 2. The fourth-order valence-electron chi connectivity index (χ4n) is 2.72. The summed E-state index contributed by atoms with van der Waals surface area (Å²) in [6, 6.07) is 2.18. The zero-order chi connectivity index (χ0) is 12.3. The number of hydrogen-bond donors (Lipinski definition) is 0. The van der Waals surface area contributed by atoms with Crippen LogP contribution in [0.1, 0.15) is 26.7 Å². The number of nitrogens with zero attached hydrogens (tertiary/aromatic N) is 1. The summed E-state index contributed by atoms with van der Waals surface area (Å²) < 4.78 is 0. The highest BCUT2D eigenvalue weighted by atomic mass is 35.5. The van der Waals surface area contributed by atoms with Crippen LogP contribution in [0.15, 0.2) is 0 Å². The van der Waals surface area contributed by atoms with E-state index in [1.54, 1.807) is 0 Å². The minimum absolute atomic E-state index is 0.00914. The molecule has 1 aliphatic rings. The summed E-state index contributed by atoms with van der Waals surface area (Å²) >= 11 is 5.70. The monoisotopic (exact) mass is 241 g/mol. The Morgan fingerprint density at radius 1 is 1.31 bits per heavy atom. The molecule has 4 heteroatoms. The Labute approximate surface area is 101 Å². The van der Waals surface area contributed by atoms with Crippen molar-refractivity contribution in [3.8, 4) is 6.07 Å². The predicted molar refractivity (Wildman–Crippen MR) is 60.9 cm³/mol. The van der Waals surface area contributed by atoms with Gasteiger partial charge in [0.2, 0.25) is 0 Å². The lowest BCUT2D eigenvalue weighted by atomic mass is 9.84. The van der Waals surface area contributed by atoms with E-state index in [1.807, 2.05) is 0 Å². The van der Waals surface area contributed by atoms with Crippen LogP contribution >= 0.6 is 11.6 Å². The van der Waals surface area contributed by atoms with E-state index in [1.165, 1.54) is 13.8 Å². The molecular formula is C12H16ClNO2. The fourth-order valence-corrected chi connectivity index (χ4v) is 2.97. The van der Waals surface area contributed by atoms with Gasteiger partial charge in [-0.15, -0.1) is 11.6 Å². The molecule has 0 radical (unpaired) electrons. The molecule has 0 N–H and O–H groups in total. The standard InChI is InChI=1S/C12H16ClNO2/c1-7(15)10-5-11(8(2)16)12(6-14)9(10)3-4-13/h9-12H,3-5H2,1-2H3. The second kappa shape index (κ2) is 5.45. The lowest BCUT2D eigenvalue weighted by Gasteiger charge is -2.18.